The number of aromatic hydroxyl groups is 6. The van der Waals surface area contributed by atoms with Crippen LogP contribution >= 0.6 is 0 Å². The van der Waals surface area contributed by atoms with Crippen molar-refractivity contribution in [3.8, 4) is 34.5 Å². The molecule has 3 aromatic rings. The molecule has 240 valence electrons. The van der Waals surface area contributed by atoms with Crippen molar-refractivity contribution >= 4 is 30.2 Å². The largest absolute Gasteiger partial charge is 0.504 e. The van der Waals surface area contributed by atoms with E-state index in [1.54, 1.807) is 18.2 Å². The molecule has 0 unspecified atom stereocenters. The maximum atomic E-state index is 13.0. The lowest BCUT2D eigenvalue weighted by molar-refractivity contribution is -0.162. The number of phenolic OH excluding ortho intramolecular Hbond substituents is 6. The quantitative estimate of drug-likeness (QED) is 0.0517. The number of hydrogen-bond donors (Lipinski definition) is 8. The maximum Gasteiger partial charge on any atom is 0.345 e. The molecule has 0 spiro atoms. The SMILES string of the molecule is CCNC[C@@H](c1ccc(O)c(O)c1)[C@@H](OC(=O)/C=C/c1cc(O)c(O)c(CCC(C)C)c1/C=C/c1ccc(O)c(O)c1)C(=O)O. The van der Waals surface area contributed by atoms with Crippen LogP contribution in [0.2, 0.25) is 0 Å². The van der Waals surface area contributed by atoms with Crippen molar-refractivity contribution in [3.05, 3.63) is 76.4 Å². The highest BCUT2D eigenvalue weighted by Gasteiger charge is 2.33. The number of benzene rings is 3. The number of esters is 1. The molecule has 8 N–H and O–H groups in total. The molecule has 0 saturated carbocycles. The number of ether oxygens (including phenoxy) is 1. The average molecular weight is 622 g/mol. The maximum absolute atomic E-state index is 13.0. The van der Waals surface area contributed by atoms with Crippen LogP contribution in [0.25, 0.3) is 18.2 Å². The molecule has 0 saturated heterocycles. The van der Waals surface area contributed by atoms with E-state index >= 15 is 0 Å². The third kappa shape index (κ3) is 9.16. The van der Waals surface area contributed by atoms with Crippen LogP contribution in [-0.4, -0.2) is 66.9 Å². The highest BCUT2D eigenvalue weighted by atomic mass is 16.6. The highest BCUT2D eigenvalue weighted by Crippen LogP contribution is 2.38. The van der Waals surface area contributed by atoms with Crippen LogP contribution in [-0.2, 0) is 20.7 Å². The van der Waals surface area contributed by atoms with Gasteiger partial charge in [0.15, 0.2) is 34.5 Å². The highest BCUT2D eigenvalue weighted by molar-refractivity contribution is 5.91. The summed E-state index contributed by atoms with van der Waals surface area (Å²) in [5.74, 6) is -5.26. The summed E-state index contributed by atoms with van der Waals surface area (Å²) in [6.07, 6.45) is 4.99. The second kappa shape index (κ2) is 15.5. The summed E-state index contributed by atoms with van der Waals surface area (Å²) < 4.78 is 5.38. The van der Waals surface area contributed by atoms with Gasteiger partial charge in [-0.2, -0.15) is 0 Å². The lowest BCUT2D eigenvalue weighted by Crippen LogP contribution is -2.38. The summed E-state index contributed by atoms with van der Waals surface area (Å²) >= 11 is 0. The summed E-state index contributed by atoms with van der Waals surface area (Å²) in [6.45, 7) is 6.40. The minimum atomic E-state index is -1.67. The first-order chi connectivity index (χ1) is 21.3. The minimum Gasteiger partial charge on any atom is -0.504 e. The number of rotatable bonds is 14. The molecule has 0 aliphatic heterocycles. The Balaban J connectivity index is 2.00. The number of likely N-dealkylation sites (N-methyl/N-ethyl adjacent to an activating group) is 1. The third-order valence-electron chi connectivity index (χ3n) is 7.16. The topological polar surface area (TPSA) is 197 Å². The lowest BCUT2D eigenvalue weighted by atomic mass is 9.92. The molecule has 0 aliphatic rings. The van der Waals surface area contributed by atoms with Gasteiger partial charge in [0.1, 0.15) is 0 Å². The van der Waals surface area contributed by atoms with E-state index in [0.717, 1.165) is 6.08 Å². The summed E-state index contributed by atoms with van der Waals surface area (Å²) in [5.41, 5.74) is 2.04. The molecule has 0 aromatic heterocycles. The van der Waals surface area contributed by atoms with E-state index in [2.05, 4.69) is 5.32 Å². The van der Waals surface area contributed by atoms with E-state index in [9.17, 15) is 45.3 Å². The summed E-state index contributed by atoms with van der Waals surface area (Å²) in [5, 5.41) is 73.5. The molecule has 0 radical (unpaired) electrons. The Morgan fingerprint density at radius 1 is 0.844 bits per heavy atom. The number of carboxylic acid groups (broad SMARTS) is 1. The van der Waals surface area contributed by atoms with Crippen molar-refractivity contribution in [2.75, 3.05) is 13.1 Å². The van der Waals surface area contributed by atoms with Crippen LogP contribution in [0.15, 0.2) is 48.5 Å². The van der Waals surface area contributed by atoms with Gasteiger partial charge in [0.05, 0.1) is 0 Å². The second-order valence-corrected chi connectivity index (χ2v) is 10.9. The predicted molar refractivity (Wildman–Crippen MR) is 169 cm³/mol. The van der Waals surface area contributed by atoms with Crippen molar-refractivity contribution in [2.45, 2.75) is 45.6 Å². The molecular formula is C34H39NO10. The lowest BCUT2D eigenvalue weighted by Gasteiger charge is -2.24. The third-order valence-corrected chi connectivity index (χ3v) is 7.16. The van der Waals surface area contributed by atoms with Gasteiger partial charge in [-0.25, -0.2) is 9.59 Å². The Labute approximate surface area is 261 Å². The van der Waals surface area contributed by atoms with Crippen molar-refractivity contribution in [1.29, 1.82) is 0 Å². The fraction of sp³-hybridized carbons (Fsp3) is 0.294. The monoisotopic (exact) mass is 621 g/mol. The van der Waals surface area contributed by atoms with Gasteiger partial charge < -0.3 is 45.8 Å². The molecule has 0 fully saturated rings. The van der Waals surface area contributed by atoms with E-state index in [1.165, 1.54) is 42.5 Å². The van der Waals surface area contributed by atoms with E-state index < -0.39 is 35.5 Å². The Morgan fingerprint density at radius 2 is 1.51 bits per heavy atom. The van der Waals surface area contributed by atoms with E-state index in [-0.39, 0.29) is 35.5 Å². The van der Waals surface area contributed by atoms with Gasteiger partial charge in [-0.05, 0) is 84.0 Å². The van der Waals surface area contributed by atoms with Crippen LogP contribution < -0.4 is 5.32 Å². The number of nitrogens with one attached hydrogen (secondary N) is 1. The van der Waals surface area contributed by atoms with Gasteiger partial charge in [-0.15, -0.1) is 0 Å². The molecule has 3 rings (SSSR count). The normalized spacial score (nSPS) is 13.0. The van der Waals surface area contributed by atoms with E-state index in [0.29, 0.717) is 47.2 Å². The molecule has 0 heterocycles. The molecule has 2 atom stereocenters. The minimum absolute atomic E-state index is 0.0848. The molecule has 11 nitrogen and oxygen atoms in total. The van der Waals surface area contributed by atoms with Crippen molar-refractivity contribution in [1.82, 2.24) is 5.32 Å². The number of aliphatic carboxylic acids is 1. The predicted octanol–water partition coefficient (Wildman–Crippen LogP) is 5.08. The van der Waals surface area contributed by atoms with Gasteiger partial charge in [-0.3, -0.25) is 0 Å². The summed E-state index contributed by atoms with van der Waals surface area (Å²) in [4.78, 5) is 25.3. The summed E-state index contributed by atoms with van der Waals surface area (Å²) in [6, 6.07) is 9.34. The van der Waals surface area contributed by atoms with Gasteiger partial charge in [-0.1, -0.05) is 45.1 Å². The zero-order valence-electron chi connectivity index (χ0n) is 25.3. The van der Waals surface area contributed by atoms with Crippen LogP contribution in [0.5, 0.6) is 34.5 Å². The molecule has 0 amide bonds. The van der Waals surface area contributed by atoms with Gasteiger partial charge in [0.25, 0.3) is 0 Å². The van der Waals surface area contributed by atoms with Crippen molar-refractivity contribution < 1.29 is 50.1 Å². The van der Waals surface area contributed by atoms with Crippen LogP contribution in [0.3, 0.4) is 0 Å². The van der Waals surface area contributed by atoms with E-state index in [1.807, 2.05) is 20.8 Å². The number of phenols is 6. The molecule has 11 heteroatoms. The van der Waals surface area contributed by atoms with Crippen LogP contribution in [0.4, 0.5) is 0 Å². The zero-order chi connectivity index (χ0) is 33.3. The van der Waals surface area contributed by atoms with Crippen molar-refractivity contribution in [2.24, 2.45) is 5.92 Å². The van der Waals surface area contributed by atoms with Crippen LogP contribution in [0, 0.1) is 5.92 Å². The average Bonchev–Trinajstić information content (AvgIpc) is 2.98. The molecular weight excluding hydrogens is 582 g/mol. The van der Waals surface area contributed by atoms with Gasteiger partial charge >= 0.3 is 11.9 Å². The zero-order valence-corrected chi connectivity index (χ0v) is 25.3. The fourth-order valence-corrected chi connectivity index (χ4v) is 4.69. The molecule has 45 heavy (non-hydrogen) atoms. The van der Waals surface area contributed by atoms with Gasteiger partial charge in [0, 0.05) is 24.1 Å². The van der Waals surface area contributed by atoms with Crippen LogP contribution in [0.1, 0.15) is 60.9 Å². The van der Waals surface area contributed by atoms with Crippen molar-refractivity contribution in [3.63, 3.8) is 0 Å². The molecule has 0 aliphatic carbocycles. The second-order valence-electron chi connectivity index (χ2n) is 10.9. The fourth-order valence-electron chi connectivity index (χ4n) is 4.69. The van der Waals surface area contributed by atoms with E-state index in [4.69, 9.17) is 4.74 Å². The Morgan fingerprint density at radius 3 is 2.11 bits per heavy atom. The first-order valence-corrected chi connectivity index (χ1v) is 14.4. The first-order valence-electron chi connectivity index (χ1n) is 14.4. The summed E-state index contributed by atoms with van der Waals surface area (Å²) in [7, 11) is 0. The Hall–Kier alpha value is -5.16. The Bertz CT molecular complexity index is 1580. The van der Waals surface area contributed by atoms with Gasteiger partial charge in [0.2, 0.25) is 6.10 Å². The first kappa shape index (κ1) is 34.3. The Kier molecular flexibility index (Phi) is 11.8. The molecule has 3 aromatic carbocycles. The molecule has 0 bridgehead atoms. The smallest absolute Gasteiger partial charge is 0.345 e. The number of carboxylic acids is 1. The number of hydrogen-bond acceptors (Lipinski definition) is 10. The standard InChI is InChI=1S/C34H39NO10/c1-4-35-18-25(22-8-13-27(37)29(39)16-22)33(34(43)44)45-31(41)14-9-21-17-30(40)32(42)24(10-5-19(2)3)23(21)11-6-20-7-12-26(36)28(38)15-20/h6-9,11-17,19,25,33,35-40,42H,4-5,10,18H2,1-3H3,(H,43,44)/b11-6+,14-9+/t25-,33+/m0/s1. The number of carbonyl (C=O) groups is 2. The number of carbonyl (C=O) groups excluding carboxylic acids is 1.